The van der Waals surface area contributed by atoms with Crippen LogP contribution in [-0.4, -0.2) is 17.3 Å². The quantitative estimate of drug-likeness (QED) is 0.820. The van der Waals surface area contributed by atoms with E-state index in [9.17, 15) is 0 Å². The third-order valence-electron chi connectivity index (χ3n) is 5.05. The lowest BCUT2D eigenvalue weighted by atomic mass is 9.67. The van der Waals surface area contributed by atoms with Crippen LogP contribution in [0.1, 0.15) is 51.2 Å². The van der Waals surface area contributed by atoms with E-state index < -0.39 is 0 Å². The molecule has 1 saturated carbocycles. The van der Waals surface area contributed by atoms with Crippen LogP contribution in [0.3, 0.4) is 0 Å². The fraction of sp³-hybridized carbons (Fsp3) is 0.667. The van der Waals surface area contributed by atoms with Crippen LogP contribution < -0.4 is 0 Å². The molecule has 1 aliphatic carbocycles. The molecular weight excluding hydrogens is 248 g/mol. The molecule has 2 aliphatic heterocycles. The highest BCUT2D eigenvalue weighted by Gasteiger charge is 2.53. The summed E-state index contributed by atoms with van der Waals surface area (Å²) >= 11 is 0. The number of benzene rings is 1. The summed E-state index contributed by atoms with van der Waals surface area (Å²) in [4.78, 5) is 0. The van der Waals surface area contributed by atoms with Crippen molar-refractivity contribution in [2.45, 2.75) is 70.9 Å². The molecule has 2 nitrogen and oxygen atoms in total. The molecule has 3 aliphatic rings. The van der Waals surface area contributed by atoms with Gasteiger partial charge in [0, 0.05) is 12.3 Å². The van der Waals surface area contributed by atoms with E-state index in [0.29, 0.717) is 18.6 Å². The molecule has 2 bridgehead atoms. The Balaban J connectivity index is 1.67. The van der Waals surface area contributed by atoms with Crippen molar-refractivity contribution >= 4 is 0 Å². The summed E-state index contributed by atoms with van der Waals surface area (Å²) in [6.07, 6.45) is 3.76. The summed E-state index contributed by atoms with van der Waals surface area (Å²) in [6, 6.07) is 8.64. The molecule has 2 saturated heterocycles. The maximum absolute atomic E-state index is 6.28. The van der Waals surface area contributed by atoms with E-state index in [0.717, 1.165) is 6.42 Å². The van der Waals surface area contributed by atoms with Gasteiger partial charge in [0.1, 0.15) is 0 Å². The number of fused-ring (bicyclic) bond motifs is 3. The zero-order valence-corrected chi connectivity index (χ0v) is 13.1. The number of hydrogen-bond donors (Lipinski definition) is 0. The Kier molecular flexibility index (Phi) is 3.42. The van der Waals surface area contributed by atoms with Gasteiger partial charge in [-0.15, -0.1) is 0 Å². The van der Waals surface area contributed by atoms with Crippen molar-refractivity contribution in [2.75, 3.05) is 0 Å². The Morgan fingerprint density at radius 2 is 1.90 bits per heavy atom. The second-order valence-electron chi connectivity index (χ2n) is 7.34. The third kappa shape index (κ3) is 2.64. The van der Waals surface area contributed by atoms with E-state index in [2.05, 4.69) is 52.0 Å². The summed E-state index contributed by atoms with van der Waals surface area (Å²) in [5, 5.41) is 0. The van der Waals surface area contributed by atoms with Crippen molar-refractivity contribution in [3.63, 3.8) is 0 Å². The zero-order chi connectivity index (χ0) is 14.4. The van der Waals surface area contributed by atoms with Gasteiger partial charge in [-0.2, -0.15) is 0 Å². The minimum Gasteiger partial charge on any atom is -0.373 e. The lowest BCUT2D eigenvalue weighted by molar-refractivity contribution is -0.273. The standard InChI is InChI=1S/C18H26O2/c1-13-5-7-14(8-6-13)12-19-16-11-18(4)10-9-15(16)17(2,3)20-18/h5-8,15-16H,9-12H2,1-4H3/t15-,16-,18+/m0/s1. The Labute approximate surface area is 122 Å². The first-order valence-corrected chi connectivity index (χ1v) is 7.75. The van der Waals surface area contributed by atoms with Gasteiger partial charge >= 0.3 is 0 Å². The Hall–Kier alpha value is -0.860. The summed E-state index contributed by atoms with van der Waals surface area (Å²) in [7, 11) is 0. The van der Waals surface area contributed by atoms with Crippen molar-refractivity contribution < 1.29 is 9.47 Å². The van der Waals surface area contributed by atoms with E-state index in [1.54, 1.807) is 0 Å². The Morgan fingerprint density at radius 3 is 2.50 bits per heavy atom. The fourth-order valence-corrected chi connectivity index (χ4v) is 3.98. The molecule has 0 spiro atoms. The van der Waals surface area contributed by atoms with Gasteiger partial charge in [-0.1, -0.05) is 29.8 Å². The number of ether oxygens (including phenoxy) is 2. The van der Waals surface area contributed by atoms with Gasteiger partial charge in [-0.05, 0) is 46.1 Å². The predicted octanol–water partition coefficient (Wildman–Crippen LogP) is 4.25. The number of rotatable bonds is 3. The minimum atomic E-state index is -0.0524. The van der Waals surface area contributed by atoms with Crippen LogP contribution in [0.2, 0.25) is 0 Å². The third-order valence-corrected chi connectivity index (χ3v) is 5.05. The van der Waals surface area contributed by atoms with Crippen LogP contribution in [0.4, 0.5) is 0 Å². The predicted molar refractivity (Wildman–Crippen MR) is 80.7 cm³/mol. The number of aryl methyl sites for hydroxylation is 1. The summed E-state index contributed by atoms with van der Waals surface area (Å²) < 4.78 is 12.5. The van der Waals surface area contributed by atoms with Crippen LogP contribution in [0, 0.1) is 12.8 Å². The van der Waals surface area contributed by atoms with Crippen molar-refractivity contribution in [3.05, 3.63) is 35.4 Å². The normalized spacial score (nSPS) is 35.2. The summed E-state index contributed by atoms with van der Waals surface area (Å²) in [6.45, 7) is 9.51. The molecular formula is C18H26O2. The molecule has 2 heterocycles. The topological polar surface area (TPSA) is 18.5 Å². The molecule has 3 fully saturated rings. The van der Waals surface area contributed by atoms with Crippen LogP contribution >= 0.6 is 0 Å². The molecule has 0 aromatic heterocycles. The molecule has 1 aromatic carbocycles. The SMILES string of the molecule is Cc1ccc(CO[C@H]2C[C@@]3(C)CC[C@@H]2C(C)(C)O3)cc1. The molecule has 0 amide bonds. The van der Waals surface area contributed by atoms with Gasteiger partial charge in [-0.25, -0.2) is 0 Å². The molecule has 3 atom stereocenters. The van der Waals surface area contributed by atoms with Crippen molar-refractivity contribution in [3.8, 4) is 0 Å². The van der Waals surface area contributed by atoms with Crippen LogP contribution in [0.15, 0.2) is 24.3 Å². The van der Waals surface area contributed by atoms with E-state index >= 15 is 0 Å². The lowest BCUT2D eigenvalue weighted by Crippen LogP contribution is -2.60. The van der Waals surface area contributed by atoms with Gasteiger partial charge in [0.05, 0.1) is 23.9 Å². The minimum absolute atomic E-state index is 0.0101. The highest BCUT2D eigenvalue weighted by molar-refractivity contribution is 5.20. The van der Waals surface area contributed by atoms with E-state index in [-0.39, 0.29) is 11.2 Å². The van der Waals surface area contributed by atoms with Crippen LogP contribution in [0.25, 0.3) is 0 Å². The van der Waals surface area contributed by atoms with Crippen molar-refractivity contribution in [1.29, 1.82) is 0 Å². The lowest BCUT2D eigenvalue weighted by Gasteiger charge is -2.57. The molecule has 0 unspecified atom stereocenters. The smallest absolute Gasteiger partial charge is 0.0720 e. The van der Waals surface area contributed by atoms with Crippen molar-refractivity contribution in [1.82, 2.24) is 0 Å². The molecule has 20 heavy (non-hydrogen) atoms. The Morgan fingerprint density at radius 1 is 1.20 bits per heavy atom. The zero-order valence-electron chi connectivity index (χ0n) is 13.1. The summed E-state index contributed by atoms with van der Waals surface area (Å²) in [5.41, 5.74) is 2.52. The first-order chi connectivity index (χ1) is 9.38. The molecule has 1 aromatic rings. The van der Waals surface area contributed by atoms with Gasteiger partial charge < -0.3 is 9.47 Å². The average molecular weight is 274 g/mol. The molecule has 0 radical (unpaired) electrons. The monoisotopic (exact) mass is 274 g/mol. The van der Waals surface area contributed by atoms with E-state index in [1.165, 1.54) is 24.0 Å². The molecule has 4 rings (SSSR count). The first-order valence-electron chi connectivity index (χ1n) is 7.75. The average Bonchev–Trinajstić information content (AvgIpc) is 2.36. The van der Waals surface area contributed by atoms with Gasteiger partial charge in [-0.3, -0.25) is 0 Å². The molecule has 2 heteroatoms. The van der Waals surface area contributed by atoms with Crippen LogP contribution in [0.5, 0.6) is 0 Å². The maximum atomic E-state index is 6.28. The second kappa shape index (κ2) is 4.85. The fourth-order valence-electron chi connectivity index (χ4n) is 3.98. The van der Waals surface area contributed by atoms with Gasteiger partial charge in [0.2, 0.25) is 0 Å². The van der Waals surface area contributed by atoms with Gasteiger partial charge in [0.25, 0.3) is 0 Å². The highest BCUT2D eigenvalue weighted by atomic mass is 16.5. The largest absolute Gasteiger partial charge is 0.373 e. The first kappa shape index (κ1) is 14.1. The van der Waals surface area contributed by atoms with E-state index in [1.807, 2.05) is 0 Å². The van der Waals surface area contributed by atoms with E-state index in [4.69, 9.17) is 9.47 Å². The van der Waals surface area contributed by atoms with Crippen LogP contribution in [-0.2, 0) is 16.1 Å². The molecule has 0 N–H and O–H groups in total. The highest BCUT2D eigenvalue weighted by Crippen LogP contribution is 2.50. The molecule has 110 valence electrons. The second-order valence-corrected chi connectivity index (χ2v) is 7.34. The van der Waals surface area contributed by atoms with Gasteiger partial charge in [0.15, 0.2) is 0 Å². The van der Waals surface area contributed by atoms with Crippen molar-refractivity contribution in [2.24, 2.45) is 5.92 Å². The Bertz CT molecular complexity index is 474. The maximum Gasteiger partial charge on any atom is 0.0720 e. The number of hydrogen-bond acceptors (Lipinski definition) is 2. The summed E-state index contributed by atoms with van der Waals surface area (Å²) in [5.74, 6) is 0.523.